The van der Waals surface area contributed by atoms with E-state index in [1.165, 1.54) is 2.78 Å². The second-order valence-corrected chi connectivity index (χ2v) is 4.61. The van der Waals surface area contributed by atoms with Crippen molar-refractivity contribution in [3.05, 3.63) is 25.9 Å². The Balaban J connectivity index is 3.01. The molecule has 0 aliphatic heterocycles. The third-order valence-electron chi connectivity index (χ3n) is 1.71. The highest BCUT2D eigenvalue weighted by Crippen LogP contribution is 2.11. The van der Waals surface area contributed by atoms with Crippen molar-refractivity contribution in [1.29, 1.82) is 0 Å². The summed E-state index contributed by atoms with van der Waals surface area (Å²) in [5, 5.41) is 0.646. The zero-order chi connectivity index (χ0) is 9.59. The molecule has 0 aromatic carbocycles. The molecule has 0 aliphatic carbocycles. The molecule has 6 heteroatoms. The molecule has 2 heterocycles. The monoisotopic (exact) mass is 401 g/mol. The molecule has 0 bridgehead atoms. The van der Waals surface area contributed by atoms with Crippen LogP contribution in [-0.4, -0.2) is 12.7 Å². The quantitative estimate of drug-likeness (QED) is 0.542. The standard InChI is InChI=1S/C7H5I2N3O/c1-3-2-4-5(10-3)11-7(8)12(9)6(4)13/h2,10H,1H3. The predicted octanol–water partition coefficient (Wildman–Crippen LogP) is 1.84. The lowest BCUT2D eigenvalue weighted by atomic mass is 10.4. The molecule has 0 amide bonds. The molecule has 0 unspecified atom stereocenters. The number of aryl methyl sites for hydroxylation is 1. The maximum Gasteiger partial charge on any atom is 0.272 e. The summed E-state index contributed by atoms with van der Waals surface area (Å²) in [5.41, 5.74) is 1.61. The van der Waals surface area contributed by atoms with Crippen LogP contribution in [0.1, 0.15) is 5.69 Å². The third kappa shape index (κ3) is 1.49. The second kappa shape index (κ2) is 3.23. The first-order valence-corrected chi connectivity index (χ1v) is 5.58. The van der Waals surface area contributed by atoms with Gasteiger partial charge in [-0.05, 0) is 13.0 Å². The Morgan fingerprint density at radius 1 is 1.62 bits per heavy atom. The largest absolute Gasteiger partial charge is 0.343 e. The molecule has 0 fully saturated rings. The fourth-order valence-corrected chi connectivity index (χ4v) is 1.98. The van der Waals surface area contributed by atoms with Gasteiger partial charge in [-0.1, -0.05) is 0 Å². The van der Waals surface area contributed by atoms with E-state index >= 15 is 0 Å². The Kier molecular flexibility index (Phi) is 2.34. The third-order valence-corrected chi connectivity index (χ3v) is 4.25. The minimum atomic E-state index is -0.0145. The number of nitrogens with zero attached hydrogens (tertiary/aromatic N) is 2. The Labute approximate surface area is 101 Å². The molecule has 1 N–H and O–H groups in total. The van der Waals surface area contributed by atoms with E-state index in [2.05, 4.69) is 9.97 Å². The Morgan fingerprint density at radius 2 is 2.31 bits per heavy atom. The zero-order valence-corrected chi connectivity index (χ0v) is 11.0. The van der Waals surface area contributed by atoms with Crippen LogP contribution in [0.25, 0.3) is 11.0 Å². The lowest BCUT2D eigenvalue weighted by molar-refractivity contribution is 1.07. The van der Waals surface area contributed by atoms with E-state index in [4.69, 9.17) is 0 Å². The Bertz CT molecular complexity index is 528. The van der Waals surface area contributed by atoms with Gasteiger partial charge in [0.25, 0.3) is 5.56 Å². The highest BCUT2D eigenvalue weighted by Gasteiger charge is 2.08. The number of aromatic nitrogens is 3. The van der Waals surface area contributed by atoms with Gasteiger partial charge in [-0.3, -0.25) is 4.79 Å². The maximum atomic E-state index is 11.7. The molecule has 2 rings (SSSR count). The lowest BCUT2D eigenvalue weighted by Gasteiger charge is -1.96. The first-order valence-electron chi connectivity index (χ1n) is 3.53. The highest BCUT2D eigenvalue weighted by molar-refractivity contribution is 14.1. The lowest BCUT2D eigenvalue weighted by Crippen LogP contribution is -2.15. The number of hydrogen-bond donors (Lipinski definition) is 1. The van der Waals surface area contributed by atoms with Gasteiger partial charge >= 0.3 is 0 Å². The van der Waals surface area contributed by atoms with Crippen LogP contribution in [0, 0.1) is 10.8 Å². The van der Waals surface area contributed by atoms with Crippen molar-refractivity contribution in [1.82, 2.24) is 12.7 Å². The number of halogens is 2. The number of fused-ring (bicyclic) bond motifs is 1. The van der Waals surface area contributed by atoms with Gasteiger partial charge in [-0.25, -0.2) is 7.76 Å². The van der Waals surface area contributed by atoms with Gasteiger partial charge in [0.1, 0.15) is 5.65 Å². The molecule has 0 spiro atoms. The molecule has 0 atom stereocenters. The van der Waals surface area contributed by atoms with Gasteiger partial charge in [0, 0.05) is 28.3 Å². The number of rotatable bonds is 0. The van der Waals surface area contributed by atoms with E-state index in [0.717, 1.165) is 5.69 Å². The van der Waals surface area contributed by atoms with Crippen molar-refractivity contribution >= 4 is 56.5 Å². The van der Waals surface area contributed by atoms with E-state index < -0.39 is 0 Å². The first-order chi connectivity index (χ1) is 6.09. The summed E-state index contributed by atoms with van der Waals surface area (Å²) in [6.07, 6.45) is 0. The van der Waals surface area contributed by atoms with Crippen molar-refractivity contribution in [2.45, 2.75) is 6.92 Å². The average Bonchev–Trinajstić information content (AvgIpc) is 2.42. The fraction of sp³-hybridized carbons (Fsp3) is 0.143. The normalized spacial score (nSPS) is 11.0. The summed E-state index contributed by atoms with van der Waals surface area (Å²) in [5.74, 6) is 0. The topological polar surface area (TPSA) is 50.7 Å². The molecule has 68 valence electrons. The van der Waals surface area contributed by atoms with Crippen LogP contribution < -0.4 is 5.56 Å². The summed E-state index contributed by atoms with van der Waals surface area (Å²) in [7, 11) is 0. The molecule has 0 aliphatic rings. The van der Waals surface area contributed by atoms with E-state index in [0.29, 0.717) is 14.9 Å². The van der Waals surface area contributed by atoms with Crippen LogP contribution in [0.15, 0.2) is 10.9 Å². The molecular weight excluding hydrogens is 396 g/mol. The van der Waals surface area contributed by atoms with E-state index in [-0.39, 0.29) is 5.56 Å². The van der Waals surface area contributed by atoms with Gasteiger partial charge < -0.3 is 4.98 Å². The van der Waals surface area contributed by atoms with Crippen LogP contribution in [0.4, 0.5) is 0 Å². The second-order valence-electron chi connectivity index (χ2n) is 2.68. The van der Waals surface area contributed by atoms with Crippen molar-refractivity contribution in [2.75, 3.05) is 0 Å². The van der Waals surface area contributed by atoms with E-state index in [9.17, 15) is 4.79 Å². The summed E-state index contributed by atoms with van der Waals surface area (Å²) < 4.78 is 2.19. The van der Waals surface area contributed by atoms with Gasteiger partial charge in [0.05, 0.1) is 28.3 Å². The van der Waals surface area contributed by atoms with Crippen LogP contribution in [0.5, 0.6) is 0 Å². The maximum absolute atomic E-state index is 11.7. The summed E-state index contributed by atoms with van der Waals surface area (Å²) >= 11 is 3.98. The van der Waals surface area contributed by atoms with Crippen LogP contribution in [0.3, 0.4) is 0 Å². The van der Waals surface area contributed by atoms with E-state index in [1.807, 2.05) is 58.4 Å². The molecule has 13 heavy (non-hydrogen) atoms. The first kappa shape index (κ1) is 9.44. The molecule has 2 aromatic rings. The highest BCUT2D eigenvalue weighted by atomic mass is 127. The summed E-state index contributed by atoms with van der Waals surface area (Å²) in [6.45, 7) is 1.91. The number of nitrogens with one attached hydrogen (secondary N) is 1. The average molecular weight is 401 g/mol. The summed E-state index contributed by atoms with van der Waals surface area (Å²) in [6, 6.07) is 1.82. The van der Waals surface area contributed by atoms with Crippen molar-refractivity contribution in [3.63, 3.8) is 0 Å². The molecule has 0 radical (unpaired) electrons. The summed E-state index contributed by atoms with van der Waals surface area (Å²) in [4.78, 5) is 18.9. The number of H-pyrrole nitrogens is 1. The Morgan fingerprint density at radius 3 is 3.00 bits per heavy atom. The van der Waals surface area contributed by atoms with Crippen LogP contribution in [0.2, 0.25) is 0 Å². The number of hydrogen-bond acceptors (Lipinski definition) is 2. The minimum Gasteiger partial charge on any atom is -0.343 e. The van der Waals surface area contributed by atoms with Gasteiger partial charge in [0.2, 0.25) is 0 Å². The van der Waals surface area contributed by atoms with E-state index in [1.54, 1.807) is 0 Å². The smallest absolute Gasteiger partial charge is 0.272 e. The molecular formula is C7H5I2N3O. The molecule has 4 nitrogen and oxygen atoms in total. The van der Waals surface area contributed by atoms with Gasteiger partial charge in [-0.15, -0.1) is 0 Å². The van der Waals surface area contributed by atoms with Gasteiger partial charge in [-0.2, -0.15) is 0 Å². The molecule has 0 saturated heterocycles. The predicted molar refractivity (Wildman–Crippen MR) is 67.2 cm³/mol. The molecule has 0 saturated carbocycles. The fourth-order valence-electron chi connectivity index (χ4n) is 1.15. The minimum absolute atomic E-state index is 0.0145. The SMILES string of the molecule is Cc1cc2c(=O)n(I)c(I)nc2[nH]1. The van der Waals surface area contributed by atoms with Gasteiger partial charge in [0.15, 0.2) is 3.83 Å². The number of aromatic amines is 1. The Hall–Kier alpha value is -0.120. The van der Waals surface area contributed by atoms with Crippen LogP contribution in [-0.2, 0) is 0 Å². The molecule has 2 aromatic heterocycles. The van der Waals surface area contributed by atoms with Crippen LogP contribution >= 0.6 is 45.5 Å². The van der Waals surface area contributed by atoms with Crippen molar-refractivity contribution < 1.29 is 0 Å². The van der Waals surface area contributed by atoms with Crippen molar-refractivity contribution in [3.8, 4) is 0 Å². The zero-order valence-electron chi connectivity index (χ0n) is 6.64. The van der Waals surface area contributed by atoms with Crippen molar-refractivity contribution in [2.24, 2.45) is 0 Å².